The fourth-order valence-electron chi connectivity index (χ4n) is 1.05. The van der Waals surface area contributed by atoms with Crippen LogP contribution in [0.5, 0.6) is 0 Å². The maximum Gasteiger partial charge on any atom is 0.318 e. The number of nitrogens with zero attached hydrogens (tertiary/aromatic N) is 1. The Balaban J connectivity index is 3.72. The molecule has 6 heteroatoms. The fraction of sp³-hybridized carbons (Fsp3) is 0.750. The van der Waals surface area contributed by atoms with Gasteiger partial charge in [0.1, 0.15) is 0 Å². The number of halogens is 1. The highest BCUT2D eigenvalue weighted by atomic mass is 19.1. The van der Waals surface area contributed by atoms with Crippen molar-refractivity contribution in [1.82, 2.24) is 5.32 Å². The Hall–Kier alpha value is -1.17. The molecule has 0 unspecified atom stereocenters. The van der Waals surface area contributed by atoms with E-state index in [1.54, 1.807) is 0 Å². The van der Waals surface area contributed by atoms with Crippen LogP contribution < -0.4 is 16.8 Å². The van der Waals surface area contributed by atoms with Crippen molar-refractivity contribution in [1.29, 1.82) is 0 Å². The topological polar surface area (TPSA) is 93.5 Å². The van der Waals surface area contributed by atoms with Crippen molar-refractivity contribution in [3.63, 3.8) is 0 Å². The first-order valence-corrected chi connectivity index (χ1v) is 4.56. The van der Waals surface area contributed by atoms with Crippen molar-refractivity contribution >= 4 is 12.0 Å². The van der Waals surface area contributed by atoms with Crippen molar-refractivity contribution in [3.8, 4) is 0 Å². The monoisotopic (exact) mass is 204 g/mol. The highest BCUT2D eigenvalue weighted by molar-refractivity contribution is 5.75. The molecule has 0 bridgehead atoms. The molecule has 5 N–H and O–H groups in total. The van der Waals surface area contributed by atoms with E-state index in [0.29, 0.717) is 25.9 Å². The van der Waals surface area contributed by atoms with Crippen molar-refractivity contribution < 1.29 is 9.18 Å². The van der Waals surface area contributed by atoms with Crippen molar-refractivity contribution in [3.05, 3.63) is 0 Å². The lowest BCUT2D eigenvalue weighted by atomic mass is 10.1. The number of hydrogen-bond acceptors (Lipinski definition) is 3. The number of likely N-dealkylation sites (N-methyl/N-ethyl adjacent to an activating group) is 1. The Morgan fingerprint density at radius 3 is 2.64 bits per heavy atom. The lowest BCUT2D eigenvalue weighted by molar-refractivity contribution is -0.131. The van der Waals surface area contributed by atoms with E-state index < -0.39 is 12.1 Å². The highest BCUT2D eigenvalue weighted by Crippen LogP contribution is 1.99. The van der Waals surface area contributed by atoms with E-state index in [2.05, 4.69) is 10.3 Å². The Morgan fingerprint density at radius 1 is 1.57 bits per heavy atom. The number of carbonyl (C=O) groups excluding carboxylic acids is 1. The third-order valence-electron chi connectivity index (χ3n) is 1.67. The van der Waals surface area contributed by atoms with Gasteiger partial charge in [-0.05, 0) is 19.4 Å². The van der Waals surface area contributed by atoms with Crippen LogP contribution in [0.1, 0.15) is 19.8 Å². The van der Waals surface area contributed by atoms with Gasteiger partial charge in [0.05, 0.1) is 6.04 Å². The molecule has 14 heavy (non-hydrogen) atoms. The summed E-state index contributed by atoms with van der Waals surface area (Å²) < 4.78 is 12.4. The third kappa shape index (κ3) is 6.36. The molecular weight excluding hydrogens is 187 g/mol. The molecule has 0 aromatic carbocycles. The van der Waals surface area contributed by atoms with Gasteiger partial charge in [-0.1, -0.05) is 6.92 Å². The van der Waals surface area contributed by atoms with Gasteiger partial charge >= 0.3 is 6.04 Å². The number of aliphatic imine (C=N–C) groups is 1. The van der Waals surface area contributed by atoms with Gasteiger partial charge in [0.2, 0.25) is 0 Å². The van der Waals surface area contributed by atoms with Crippen LogP contribution in [0.25, 0.3) is 0 Å². The molecule has 0 saturated carbocycles. The summed E-state index contributed by atoms with van der Waals surface area (Å²) in [6.07, 6.45) is 0.977. The first-order valence-electron chi connectivity index (χ1n) is 4.56. The SMILES string of the molecule is CCN[C@@H](CCCN=C(N)N)C(=O)F. The lowest BCUT2D eigenvalue weighted by Gasteiger charge is -2.10. The molecule has 0 saturated heterocycles. The zero-order chi connectivity index (χ0) is 11.0. The Kier molecular flexibility index (Phi) is 6.65. The molecule has 5 nitrogen and oxygen atoms in total. The minimum Gasteiger partial charge on any atom is -0.370 e. The number of nitrogens with one attached hydrogen (secondary N) is 1. The summed E-state index contributed by atoms with van der Waals surface area (Å²) in [5, 5.41) is 2.73. The molecule has 0 aliphatic carbocycles. The molecule has 0 heterocycles. The van der Waals surface area contributed by atoms with Gasteiger partial charge in [-0.25, -0.2) is 0 Å². The summed E-state index contributed by atoms with van der Waals surface area (Å²) in [7, 11) is 0. The van der Waals surface area contributed by atoms with Crippen LogP contribution in [-0.4, -0.2) is 31.1 Å². The molecule has 0 amide bonds. The summed E-state index contributed by atoms with van der Waals surface area (Å²) in [4.78, 5) is 14.2. The summed E-state index contributed by atoms with van der Waals surface area (Å²) in [5.74, 6) is 0.0107. The van der Waals surface area contributed by atoms with Crippen LogP contribution in [-0.2, 0) is 4.79 Å². The minimum absolute atomic E-state index is 0.0107. The van der Waals surface area contributed by atoms with Crippen molar-refractivity contribution in [2.75, 3.05) is 13.1 Å². The zero-order valence-electron chi connectivity index (χ0n) is 8.29. The standard InChI is InChI=1S/C8H17FN4O/c1-2-12-6(7(9)14)4-3-5-13-8(10)11/h6,12H,2-5H2,1H3,(H4,10,11,13)/t6-/m0/s1. The quantitative estimate of drug-likeness (QED) is 0.226. The van der Waals surface area contributed by atoms with Crippen molar-refractivity contribution in [2.45, 2.75) is 25.8 Å². The molecule has 0 aromatic rings. The summed E-state index contributed by atoms with van der Waals surface area (Å²) in [6.45, 7) is 2.78. The maximum atomic E-state index is 12.4. The highest BCUT2D eigenvalue weighted by Gasteiger charge is 2.15. The van der Waals surface area contributed by atoms with E-state index in [1.165, 1.54) is 0 Å². The maximum absolute atomic E-state index is 12.4. The average Bonchev–Trinajstić information content (AvgIpc) is 2.09. The molecule has 0 aromatic heterocycles. The number of rotatable bonds is 7. The van der Waals surface area contributed by atoms with Crippen LogP contribution >= 0.6 is 0 Å². The fourth-order valence-corrected chi connectivity index (χ4v) is 1.05. The van der Waals surface area contributed by atoms with E-state index in [-0.39, 0.29) is 5.96 Å². The third-order valence-corrected chi connectivity index (χ3v) is 1.67. The van der Waals surface area contributed by atoms with Gasteiger partial charge in [0.25, 0.3) is 0 Å². The van der Waals surface area contributed by atoms with Crippen LogP contribution in [0.2, 0.25) is 0 Å². The molecule has 1 atom stereocenters. The number of guanidine groups is 1. The Labute approximate surface area is 82.7 Å². The Bertz CT molecular complexity index is 204. The molecule has 0 aliphatic heterocycles. The number of nitrogens with two attached hydrogens (primary N) is 2. The van der Waals surface area contributed by atoms with Gasteiger partial charge in [0, 0.05) is 6.54 Å². The second-order valence-corrected chi connectivity index (χ2v) is 2.86. The molecule has 0 spiro atoms. The lowest BCUT2D eigenvalue weighted by Crippen LogP contribution is -2.34. The number of carbonyl (C=O) groups is 1. The second-order valence-electron chi connectivity index (χ2n) is 2.86. The molecule has 0 fully saturated rings. The van der Waals surface area contributed by atoms with Gasteiger partial charge in [0.15, 0.2) is 5.96 Å². The average molecular weight is 204 g/mol. The second kappa shape index (κ2) is 7.25. The van der Waals surface area contributed by atoms with Crippen LogP contribution in [0.4, 0.5) is 4.39 Å². The summed E-state index contributed by atoms with van der Waals surface area (Å²) >= 11 is 0. The van der Waals surface area contributed by atoms with E-state index in [1.807, 2.05) is 6.92 Å². The molecule has 0 radical (unpaired) electrons. The van der Waals surface area contributed by atoms with Gasteiger partial charge in [-0.15, -0.1) is 0 Å². The summed E-state index contributed by atoms with van der Waals surface area (Å²) in [6, 6.07) is -2.06. The van der Waals surface area contributed by atoms with Crippen LogP contribution in [0, 0.1) is 0 Å². The minimum atomic E-state index is -1.34. The van der Waals surface area contributed by atoms with E-state index in [0.717, 1.165) is 0 Å². The smallest absolute Gasteiger partial charge is 0.318 e. The number of hydrogen-bond donors (Lipinski definition) is 3. The molecule has 82 valence electrons. The normalized spacial score (nSPS) is 12.1. The first kappa shape index (κ1) is 12.8. The largest absolute Gasteiger partial charge is 0.370 e. The van der Waals surface area contributed by atoms with Gasteiger partial charge < -0.3 is 16.8 Å². The molecular formula is C8H17FN4O. The predicted molar refractivity (Wildman–Crippen MR) is 53.5 cm³/mol. The Morgan fingerprint density at radius 2 is 2.21 bits per heavy atom. The first-order chi connectivity index (χ1) is 6.57. The molecule has 0 rings (SSSR count). The van der Waals surface area contributed by atoms with E-state index in [9.17, 15) is 9.18 Å². The summed E-state index contributed by atoms with van der Waals surface area (Å²) in [5.41, 5.74) is 10.2. The van der Waals surface area contributed by atoms with Crippen LogP contribution in [0.15, 0.2) is 4.99 Å². The zero-order valence-corrected chi connectivity index (χ0v) is 8.29. The molecule has 0 aliphatic rings. The van der Waals surface area contributed by atoms with E-state index >= 15 is 0 Å². The van der Waals surface area contributed by atoms with Crippen molar-refractivity contribution in [2.24, 2.45) is 16.5 Å². The van der Waals surface area contributed by atoms with Crippen LogP contribution in [0.3, 0.4) is 0 Å². The van der Waals surface area contributed by atoms with E-state index in [4.69, 9.17) is 11.5 Å². The van der Waals surface area contributed by atoms with Gasteiger partial charge in [-0.2, -0.15) is 4.39 Å². The van der Waals surface area contributed by atoms with Gasteiger partial charge in [-0.3, -0.25) is 9.79 Å². The predicted octanol–water partition coefficient (Wildman–Crippen LogP) is -0.486.